The second kappa shape index (κ2) is 5.25. The zero-order valence-corrected chi connectivity index (χ0v) is 8.74. The lowest BCUT2D eigenvalue weighted by Crippen LogP contribution is -2.28. The summed E-state index contributed by atoms with van der Waals surface area (Å²) in [4.78, 5) is 29.1. The van der Waals surface area contributed by atoms with Gasteiger partial charge in [-0.2, -0.15) is 0 Å². The monoisotopic (exact) mass is 231 g/mol. The van der Waals surface area contributed by atoms with Crippen LogP contribution in [0.15, 0.2) is 5.38 Å². The van der Waals surface area contributed by atoms with Gasteiger partial charge in [0.05, 0.1) is 5.01 Å². The molecule has 82 valence electrons. The van der Waals surface area contributed by atoms with Gasteiger partial charge in [-0.15, -0.1) is 21.5 Å². The molecular formula is C7H9N3O4S. The highest BCUT2D eigenvalue weighted by Crippen LogP contribution is 2.07. The third-order valence-electron chi connectivity index (χ3n) is 1.44. The molecule has 7 nitrogen and oxygen atoms in total. The van der Waals surface area contributed by atoms with Crippen molar-refractivity contribution in [1.29, 1.82) is 0 Å². The van der Waals surface area contributed by atoms with Crippen LogP contribution in [-0.4, -0.2) is 29.1 Å². The van der Waals surface area contributed by atoms with E-state index in [0.717, 1.165) is 5.01 Å². The summed E-state index contributed by atoms with van der Waals surface area (Å²) >= 11 is 1.37. The number of rotatable bonds is 5. The minimum Gasteiger partial charge on any atom is -0.349 e. The maximum atomic E-state index is 11.3. The SMILES string of the molecule is Cc1nc(C(=O)NCCO[N+](=O)[O-])cs1. The number of nitrogens with zero attached hydrogens (tertiary/aromatic N) is 2. The lowest BCUT2D eigenvalue weighted by atomic mass is 10.4. The third kappa shape index (κ3) is 3.90. The smallest absolute Gasteiger partial charge is 0.294 e. The maximum Gasteiger partial charge on any atom is 0.294 e. The summed E-state index contributed by atoms with van der Waals surface area (Å²) in [5.41, 5.74) is 0.318. The number of thiazole rings is 1. The minimum absolute atomic E-state index is 0.0797. The molecule has 0 saturated heterocycles. The van der Waals surface area contributed by atoms with Gasteiger partial charge in [-0.05, 0) is 6.92 Å². The van der Waals surface area contributed by atoms with Gasteiger partial charge in [0.2, 0.25) is 0 Å². The molecule has 0 radical (unpaired) electrons. The second-order valence-corrected chi connectivity index (χ2v) is 3.63. The van der Waals surface area contributed by atoms with E-state index in [2.05, 4.69) is 15.1 Å². The van der Waals surface area contributed by atoms with Crippen LogP contribution in [0.1, 0.15) is 15.5 Å². The second-order valence-electron chi connectivity index (χ2n) is 2.56. The highest BCUT2D eigenvalue weighted by atomic mass is 32.1. The fraction of sp³-hybridized carbons (Fsp3) is 0.429. The Morgan fingerprint density at radius 2 is 2.53 bits per heavy atom. The van der Waals surface area contributed by atoms with E-state index in [4.69, 9.17) is 0 Å². The minimum atomic E-state index is -0.904. The topological polar surface area (TPSA) is 94.4 Å². The number of hydrogen-bond acceptors (Lipinski definition) is 6. The predicted molar refractivity (Wildman–Crippen MR) is 52.1 cm³/mol. The van der Waals surface area contributed by atoms with E-state index in [-0.39, 0.29) is 19.1 Å². The van der Waals surface area contributed by atoms with E-state index in [1.165, 1.54) is 11.3 Å². The summed E-state index contributed by atoms with van der Waals surface area (Å²) < 4.78 is 0. The molecular weight excluding hydrogens is 222 g/mol. The molecule has 1 rings (SSSR count). The Kier molecular flexibility index (Phi) is 3.98. The van der Waals surface area contributed by atoms with Gasteiger partial charge in [-0.3, -0.25) is 4.79 Å². The van der Waals surface area contributed by atoms with Gasteiger partial charge in [0, 0.05) is 11.9 Å². The van der Waals surface area contributed by atoms with Crippen molar-refractivity contribution in [3.63, 3.8) is 0 Å². The summed E-state index contributed by atoms with van der Waals surface area (Å²) in [6, 6.07) is 0. The van der Waals surface area contributed by atoms with E-state index in [0.29, 0.717) is 5.69 Å². The average molecular weight is 231 g/mol. The summed E-state index contributed by atoms with van der Waals surface area (Å²) in [7, 11) is 0. The van der Waals surface area contributed by atoms with Crippen molar-refractivity contribution >= 4 is 17.2 Å². The van der Waals surface area contributed by atoms with E-state index >= 15 is 0 Å². The Hall–Kier alpha value is -1.70. The lowest BCUT2D eigenvalue weighted by Gasteiger charge is -2.01. The number of amides is 1. The molecule has 0 fully saturated rings. The quantitative estimate of drug-likeness (QED) is 0.449. The van der Waals surface area contributed by atoms with Crippen molar-refractivity contribution in [2.45, 2.75) is 6.92 Å². The number of aryl methyl sites for hydroxylation is 1. The molecule has 1 heterocycles. The Morgan fingerprint density at radius 1 is 1.80 bits per heavy atom. The summed E-state index contributed by atoms with van der Waals surface area (Å²) in [6.45, 7) is 1.70. The standard InChI is InChI=1S/C7H9N3O4S/c1-5-9-6(4-15-5)7(11)8-2-3-14-10(12)13/h4H,2-3H2,1H3,(H,8,11). The van der Waals surface area contributed by atoms with Crippen molar-refractivity contribution in [2.75, 3.05) is 13.2 Å². The van der Waals surface area contributed by atoms with E-state index in [1.54, 1.807) is 12.3 Å². The van der Waals surface area contributed by atoms with E-state index in [9.17, 15) is 14.9 Å². The number of hydrogen-bond donors (Lipinski definition) is 1. The van der Waals surface area contributed by atoms with Crippen molar-refractivity contribution in [1.82, 2.24) is 10.3 Å². The zero-order valence-electron chi connectivity index (χ0n) is 7.93. The van der Waals surface area contributed by atoms with Crippen LogP contribution < -0.4 is 5.32 Å². The number of aromatic nitrogens is 1. The van der Waals surface area contributed by atoms with Crippen molar-refractivity contribution < 1.29 is 14.7 Å². The predicted octanol–water partition coefficient (Wildman–Crippen LogP) is 0.390. The maximum absolute atomic E-state index is 11.3. The molecule has 0 aliphatic rings. The summed E-state index contributed by atoms with van der Waals surface area (Å²) in [5.74, 6) is -0.355. The Bertz CT molecular complexity index is 365. The van der Waals surface area contributed by atoms with Gasteiger partial charge in [0.15, 0.2) is 0 Å². The van der Waals surface area contributed by atoms with Gasteiger partial charge in [-0.1, -0.05) is 0 Å². The first-order chi connectivity index (χ1) is 7.09. The molecule has 0 aliphatic carbocycles. The van der Waals surface area contributed by atoms with Crippen molar-refractivity contribution in [3.8, 4) is 0 Å². The molecule has 1 amide bonds. The van der Waals surface area contributed by atoms with Crippen LogP contribution in [-0.2, 0) is 4.84 Å². The fourth-order valence-corrected chi connectivity index (χ4v) is 1.44. The Morgan fingerprint density at radius 3 is 3.07 bits per heavy atom. The third-order valence-corrected chi connectivity index (χ3v) is 2.21. The van der Waals surface area contributed by atoms with Crippen LogP contribution in [0, 0.1) is 17.0 Å². The summed E-state index contributed by atoms with van der Waals surface area (Å²) in [5, 5.41) is 13.7. The normalized spacial score (nSPS) is 9.67. The summed E-state index contributed by atoms with van der Waals surface area (Å²) in [6.07, 6.45) is 0. The number of carbonyl (C=O) groups excluding carboxylic acids is 1. The average Bonchev–Trinajstić information content (AvgIpc) is 2.59. The lowest BCUT2D eigenvalue weighted by molar-refractivity contribution is -0.757. The molecule has 8 heteroatoms. The molecule has 0 saturated carbocycles. The number of carbonyl (C=O) groups is 1. The van der Waals surface area contributed by atoms with E-state index in [1.807, 2.05) is 0 Å². The molecule has 1 aromatic heterocycles. The van der Waals surface area contributed by atoms with Crippen LogP contribution in [0.3, 0.4) is 0 Å². The molecule has 1 N–H and O–H groups in total. The van der Waals surface area contributed by atoms with Crippen molar-refractivity contribution in [2.24, 2.45) is 0 Å². The Labute approximate surface area is 89.2 Å². The van der Waals surface area contributed by atoms with Crippen LogP contribution in [0.2, 0.25) is 0 Å². The van der Waals surface area contributed by atoms with Crippen LogP contribution in [0.4, 0.5) is 0 Å². The molecule has 0 spiro atoms. The Balaban J connectivity index is 2.28. The first-order valence-electron chi connectivity index (χ1n) is 4.07. The molecule has 0 aliphatic heterocycles. The molecule has 15 heavy (non-hydrogen) atoms. The molecule has 0 bridgehead atoms. The highest BCUT2D eigenvalue weighted by molar-refractivity contribution is 7.09. The van der Waals surface area contributed by atoms with Crippen LogP contribution in [0.5, 0.6) is 0 Å². The van der Waals surface area contributed by atoms with Crippen LogP contribution in [0.25, 0.3) is 0 Å². The van der Waals surface area contributed by atoms with Gasteiger partial charge >= 0.3 is 0 Å². The molecule has 1 aromatic rings. The first-order valence-corrected chi connectivity index (χ1v) is 4.95. The van der Waals surface area contributed by atoms with Gasteiger partial charge in [0.25, 0.3) is 11.0 Å². The largest absolute Gasteiger partial charge is 0.349 e. The molecule has 0 atom stereocenters. The number of nitrogens with one attached hydrogen (secondary N) is 1. The van der Waals surface area contributed by atoms with Gasteiger partial charge in [-0.25, -0.2) is 4.98 Å². The zero-order chi connectivity index (χ0) is 11.3. The van der Waals surface area contributed by atoms with Gasteiger partial charge < -0.3 is 10.2 Å². The molecule has 0 aromatic carbocycles. The van der Waals surface area contributed by atoms with E-state index < -0.39 is 5.09 Å². The van der Waals surface area contributed by atoms with Gasteiger partial charge in [0.1, 0.15) is 12.3 Å². The van der Waals surface area contributed by atoms with Crippen LogP contribution >= 0.6 is 11.3 Å². The molecule has 0 unspecified atom stereocenters. The first kappa shape index (κ1) is 11.4. The highest BCUT2D eigenvalue weighted by Gasteiger charge is 2.08. The van der Waals surface area contributed by atoms with Crippen molar-refractivity contribution in [3.05, 3.63) is 26.2 Å². The fourth-order valence-electron chi connectivity index (χ4n) is 0.843.